The summed E-state index contributed by atoms with van der Waals surface area (Å²) in [7, 11) is 1.19. The average Bonchev–Trinajstić information content (AvgIpc) is 2.77. The van der Waals surface area contributed by atoms with Gasteiger partial charge in [-0.1, -0.05) is 0 Å². The van der Waals surface area contributed by atoms with Crippen LogP contribution >= 0.6 is 0 Å². The molecule has 0 bridgehead atoms. The number of methoxy groups -OCH3 is 1. The monoisotopic (exact) mass is 310 g/mol. The van der Waals surface area contributed by atoms with Crippen molar-refractivity contribution >= 4 is 23.6 Å². The molecule has 0 aliphatic carbocycles. The molecule has 1 heterocycles. The Bertz CT molecular complexity index is 617. The Labute approximate surface area is 127 Å². The number of H-pyrrole nitrogens is 1. The summed E-state index contributed by atoms with van der Waals surface area (Å²) in [6, 6.07) is 0. The molecule has 8 nitrogen and oxygen atoms in total. The summed E-state index contributed by atoms with van der Waals surface area (Å²) in [5.41, 5.74) is 1.60. The van der Waals surface area contributed by atoms with E-state index in [1.807, 2.05) is 0 Å². The molecule has 0 saturated heterocycles. The minimum absolute atomic E-state index is 0.128. The number of hydrogen-bond donors (Lipinski definition) is 2. The van der Waals surface area contributed by atoms with Gasteiger partial charge in [0.1, 0.15) is 12.2 Å². The minimum atomic E-state index is -0.749. The highest BCUT2D eigenvalue weighted by molar-refractivity contribution is 6.01. The Morgan fingerprint density at radius 2 is 1.82 bits per heavy atom. The minimum Gasteiger partial charge on any atom is -0.468 e. The van der Waals surface area contributed by atoms with Gasteiger partial charge < -0.3 is 19.8 Å². The van der Waals surface area contributed by atoms with Crippen molar-refractivity contribution in [3.8, 4) is 0 Å². The van der Waals surface area contributed by atoms with Crippen LogP contribution in [0.1, 0.15) is 39.0 Å². The van der Waals surface area contributed by atoms with Crippen molar-refractivity contribution in [2.24, 2.45) is 0 Å². The number of carbonyl (C=O) groups is 4. The predicted octanol–water partition coefficient (Wildman–Crippen LogP) is 0.280. The molecule has 0 atom stereocenters. The van der Waals surface area contributed by atoms with Crippen LogP contribution in [0.5, 0.6) is 0 Å². The molecule has 1 rings (SSSR count). The molecule has 0 radical (unpaired) electrons. The third-order valence-electron chi connectivity index (χ3n) is 2.99. The molecule has 1 amide bonds. The SMILES string of the molecule is COC(=O)CNC(=O)COC(=O)c1[nH]c(C)c(C(C)=O)c1C. The largest absolute Gasteiger partial charge is 0.468 e. The number of esters is 2. The summed E-state index contributed by atoms with van der Waals surface area (Å²) in [4.78, 5) is 48.4. The molecule has 0 aliphatic rings. The van der Waals surface area contributed by atoms with Gasteiger partial charge in [-0.05, 0) is 26.3 Å². The first-order valence-corrected chi connectivity index (χ1v) is 6.48. The zero-order valence-electron chi connectivity index (χ0n) is 12.9. The highest BCUT2D eigenvalue weighted by Gasteiger charge is 2.21. The van der Waals surface area contributed by atoms with Gasteiger partial charge in [0.05, 0.1) is 7.11 Å². The second-order valence-corrected chi connectivity index (χ2v) is 4.61. The summed E-state index contributed by atoms with van der Waals surface area (Å²) in [5, 5.41) is 2.23. The second-order valence-electron chi connectivity index (χ2n) is 4.61. The maximum atomic E-state index is 11.9. The van der Waals surface area contributed by atoms with Gasteiger partial charge in [-0.2, -0.15) is 0 Å². The van der Waals surface area contributed by atoms with Crippen LogP contribution in [-0.4, -0.2) is 48.9 Å². The fraction of sp³-hybridized carbons (Fsp3) is 0.429. The number of carbonyl (C=O) groups excluding carboxylic acids is 4. The molecule has 0 fully saturated rings. The predicted molar refractivity (Wildman–Crippen MR) is 75.6 cm³/mol. The van der Waals surface area contributed by atoms with Crippen LogP contribution in [-0.2, 0) is 19.1 Å². The Morgan fingerprint density at radius 3 is 2.32 bits per heavy atom. The molecule has 0 unspecified atom stereocenters. The number of nitrogens with one attached hydrogen (secondary N) is 2. The Hall–Kier alpha value is -2.64. The number of amides is 1. The van der Waals surface area contributed by atoms with Gasteiger partial charge in [0.2, 0.25) is 0 Å². The number of Topliss-reactive ketones (excluding diaryl/α,β-unsaturated/α-hetero) is 1. The van der Waals surface area contributed by atoms with Gasteiger partial charge in [-0.15, -0.1) is 0 Å². The number of aromatic nitrogens is 1. The van der Waals surface area contributed by atoms with Gasteiger partial charge in [0.15, 0.2) is 12.4 Å². The maximum Gasteiger partial charge on any atom is 0.355 e. The molecular formula is C14H18N2O6. The molecule has 0 saturated carbocycles. The van der Waals surface area contributed by atoms with E-state index in [4.69, 9.17) is 4.74 Å². The van der Waals surface area contributed by atoms with Gasteiger partial charge in [0, 0.05) is 11.3 Å². The molecule has 0 aliphatic heterocycles. The normalized spacial score (nSPS) is 10.0. The van der Waals surface area contributed by atoms with Gasteiger partial charge >= 0.3 is 11.9 Å². The highest BCUT2D eigenvalue weighted by Crippen LogP contribution is 2.19. The van der Waals surface area contributed by atoms with Crippen molar-refractivity contribution in [2.45, 2.75) is 20.8 Å². The third-order valence-corrected chi connectivity index (χ3v) is 2.99. The van der Waals surface area contributed by atoms with Crippen LogP contribution in [0, 0.1) is 13.8 Å². The van der Waals surface area contributed by atoms with E-state index < -0.39 is 24.5 Å². The number of hydrogen-bond acceptors (Lipinski definition) is 6. The van der Waals surface area contributed by atoms with E-state index >= 15 is 0 Å². The van der Waals surface area contributed by atoms with Crippen LogP contribution < -0.4 is 5.32 Å². The Balaban J connectivity index is 2.63. The molecule has 8 heteroatoms. The van der Waals surface area contributed by atoms with E-state index in [1.54, 1.807) is 13.8 Å². The molecule has 22 heavy (non-hydrogen) atoms. The number of rotatable bonds is 6. The van der Waals surface area contributed by atoms with E-state index in [0.717, 1.165) is 0 Å². The number of aromatic amines is 1. The maximum absolute atomic E-state index is 11.9. The Kier molecular flexibility index (Phi) is 5.85. The number of aryl methyl sites for hydroxylation is 1. The summed E-state index contributed by atoms with van der Waals surface area (Å²) in [5.74, 6) is -2.16. The number of ketones is 1. The molecule has 1 aromatic heterocycles. The topological polar surface area (TPSA) is 115 Å². The van der Waals surface area contributed by atoms with E-state index in [0.29, 0.717) is 16.8 Å². The van der Waals surface area contributed by atoms with Crippen molar-refractivity contribution in [1.29, 1.82) is 0 Å². The van der Waals surface area contributed by atoms with Gasteiger partial charge in [-0.25, -0.2) is 4.79 Å². The first-order chi connectivity index (χ1) is 10.3. The quantitative estimate of drug-likeness (QED) is 0.576. The van der Waals surface area contributed by atoms with Gasteiger partial charge in [0.25, 0.3) is 5.91 Å². The van der Waals surface area contributed by atoms with E-state index in [9.17, 15) is 19.2 Å². The summed E-state index contributed by atoms with van der Waals surface area (Å²) >= 11 is 0. The summed E-state index contributed by atoms with van der Waals surface area (Å²) in [6.45, 7) is 3.85. The summed E-state index contributed by atoms with van der Waals surface area (Å²) in [6.07, 6.45) is 0. The smallest absolute Gasteiger partial charge is 0.355 e. The summed E-state index contributed by atoms with van der Waals surface area (Å²) < 4.78 is 9.19. The van der Waals surface area contributed by atoms with Crippen LogP contribution in [0.25, 0.3) is 0 Å². The Morgan fingerprint density at radius 1 is 1.18 bits per heavy atom. The highest BCUT2D eigenvalue weighted by atomic mass is 16.5. The van der Waals surface area contributed by atoms with E-state index in [-0.39, 0.29) is 18.0 Å². The zero-order valence-corrected chi connectivity index (χ0v) is 12.9. The molecule has 0 aromatic carbocycles. The molecular weight excluding hydrogens is 292 g/mol. The van der Waals surface area contributed by atoms with Gasteiger partial charge in [-0.3, -0.25) is 14.4 Å². The van der Waals surface area contributed by atoms with Crippen molar-refractivity contribution in [2.75, 3.05) is 20.3 Å². The first-order valence-electron chi connectivity index (χ1n) is 6.48. The first kappa shape index (κ1) is 17.4. The van der Waals surface area contributed by atoms with Crippen molar-refractivity contribution in [3.63, 3.8) is 0 Å². The standard InChI is InChI=1S/C14H18N2O6/c1-7-12(9(3)17)8(2)16-13(7)14(20)22-6-10(18)15-5-11(19)21-4/h16H,5-6H2,1-4H3,(H,15,18). The fourth-order valence-corrected chi connectivity index (χ4v) is 1.98. The van der Waals surface area contributed by atoms with Crippen LogP contribution in [0.4, 0.5) is 0 Å². The van der Waals surface area contributed by atoms with Crippen molar-refractivity contribution in [1.82, 2.24) is 10.3 Å². The second kappa shape index (κ2) is 7.39. The van der Waals surface area contributed by atoms with E-state index in [2.05, 4.69) is 15.0 Å². The lowest BCUT2D eigenvalue weighted by Gasteiger charge is -2.05. The molecule has 1 aromatic rings. The average molecular weight is 310 g/mol. The van der Waals surface area contributed by atoms with Crippen molar-refractivity contribution < 1.29 is 28.7 Å². The lowest BCUT2D eigenvalue weighted by molar-refractivity contribution is -0.141. The van der Waals surface area contributed by atoms with E-state index in [1.165, 1.54) is 14.0 Å². The van der Waals surface area contributed by atoms with Crippen LogP contribution in [0.3, 0.4) is 0 Å². The molecule has 2 N–H and O–H groups in total. The third kappa shape index (κ3) is 4.18. The molecule has 0 spiro atoms. The number of ether oxygens (including phenoxy) is 2. The fourth-order valence-electron chi connectivity index (χ4n) is 1.98. The van der Waals surface area contributed by atoms with Crippen LogP contribution in [0.2, 0.25) is 0 Å². The van der Waals surface area contributed by atoms with Crippen molar-refractivity contribution in [3.05, 3.63) is 22.5 Å². The zero-order chi connectivity index (χ0) is 16.9. The lowest BCUT2D eigenvalue weighted by atomic mass is 10.1. The molecule has 120 valence electrons. The lowest BCUT2D eigenvalue weighted by Crippen LogP contribution is -2.33. The van der Waals surface area contributed by atoms with Crippen LogP contribution in [0.15, 0.2) is 0 Å².